The summed E-state index contributed by atoms with van der Waals surface area (Å²) in [7, 11) is 0. The average Bonchev–Trinajstić information content (AvgIpc) is 3.41. The first kappa shape index (κ1) is 21.3. The van der Waals surface area contributed by atoms with Crippen molar-refractivity contribution in [1.82, 2.24) is 15.1 Å². The van der Waals surface area contributed by atoms with Crippen LogP contribution in [0.25, 0.3) is 10.6 Å². The van der Waals surface area contributed by atoms with Crippen LogP contribution in [0.2, 0.25) is 5.02 Å². The van der Waals surface area contributed by atoms with Crippen LogP contribution in [0.15, 0.2) is 42.5 Å². The number of carbonyl (C=O) groups excluding carboxylic acids is 2. The van der Waals surface area contributed by atoms with Crippen molar-refractivity contribution in [3.63, 3.8) is 0 Å². The van der Waals surface area contributed by atoms with Crippen molar-refractivity contribution in [3.05, 3.63) is 58.6 Å². The number of anilines is 2. The number of likely N-dealkylation sites (tertiary alicyclic amines) is 1. The Labute approximate surface area is 189 Å². The third-order valence-corrected chi connectivity index (χ3v) is 6.46. The number of urea groups is 1. The number of rotatable bonds is 4. The van der Waals surface area contributed by atoms with Crippen LogP contribution >= 0.6 is 22.9 Å². The van der Waals surface area contributed by atoms with E-state index in [9.17, 15) is 9.59 Å². The molecule has 0 spiro atoms. The summed E-state index contributed by atoms with van der Waals surface area (Å²) in [5, 5.41) is 15.6. The topological polar surface area (TPSA) is 87.2 Å². The van der Waals surface area contributed by atoms with Gasteiger partial charge in [0.1, 0.15) is 11.0 Å². The number of amides is 3. The van der Waals surface area contributed by atoms with E-state index in [0.717, 1.165) is 28.8 Å². The van der Waals surface area contributed by atoms with Crippen LogP contribution in [0.3, 0.4) is 0 Å². The molecule has 2 aromatic carbocycles. The number of halogens is 1. The minimum Gasteiger partial charge on any atom is -0.312 e. The van der Waals surface area contributed by atoms with Crippen molar-refractivity contribution in [1.29, 1.82) is 0 Å². The van der Waals surface area contributed by atoms with Gasteiger partial charge in [-0.3, -0.25) is 10.1 Å². The van der Waals surface area contributed by atoms with Gasteiger partial charge in [0.2, 0.25) is 11.0 Å². The molecule has 3 aromatic rings. The molecule has 3 amide bonds. The van der Waals surface area contributed by atoms with Crippen molar-refractivity contribution in [2.45, 2.75) is 32.7 Å². The molecule has 7 nitrogen and oxygen atoms in total. The lowest BCUT2D eigenvalue weighted by molar-refractivity contribution is -0.119. The van der Waals surface area contributed by atoms with Crippen molar-refractivity contribution in [2.75, 3.05) is 17.2 Å². The van der Waals surface area contributed by atoms with Crippen molar-refractivity contribution in [2.24, 2.45) is 0 Å². The number of aryl methyl sites for hydroxylation is 2. The van der Waals surface area contributed by atoms with Gasteiger partial charge in [0, 0.05) is 22.8 Å². The van der Waals surface area contributed by atoms with Crippen molar-refractivity contribution in [3.8, 4) is 10.6 Å². The van der Waals surface area contributed by atoms with Gasteiger partial charge in [-0.25, -0.2) is 4.79 Å². The van der Waals surface area contributed by atoms with Crippen LogP contribution in [0, 0.1) is 13.8 Å². The van der Waals surface area contributed by atoms with Gasteiger partial charge in [0.15, 0.2) is 0 Å². The summed E-state index contributed by atoms with van der Waals surface area (Å²) in [6, 6.07) is 12.2. The van der Waals surface area contributed by atoms with Gasteiger partial charge in [-0.15, -0.1) is 10.2 Å². The smallest absolute Gasteiger partial charge is 0.312 e. The Morgan fingerprint density at radius 1 is 1.06 bits per heavy atom. The van der Waals surface area contributed by atoms with Gasteiger partial charge in [-0.2, -0.15) is 0 Å². The molecule has 1 aliphatic rings. The standard InChI is InChI=1S/C22H22ClN5O2S/c1-13-5-10-17(12-14(13)2)24-22(30)28-11-3-4-18(28)19(29)25-21-27-26-20(31-21)15-6-8-16(23)9-7-15/h5-10,12,18H,3-4,11H2,1-2H3,(H,24,30)(H,25,27,29). The largest absolute Gasteiger partial charge is 0.322 e. The molecule has 1 atom stereocenters. The van der Waals surface area contributed by atoms with Crippen LogP contribution < -0.4 is 10.6 Å². The second-order valence-electron chi connectivity index (χ2n) is 7.49. The van der Waals surface area contributed by atoms with Crippen LogP contribution in [0.1, 0.15) is 24.0 Å². The SMILES string of the molecule is Cc1ccc(NC(=O)N2CCCC2C(=O)Nc2nnc(-c3ccc(Cl)cc3)s2)cc1C. The van der Waals surface area contributed by atoms with E-state index in [-0.39, 0.29) is 11.9 Å². The highest BCUT2D eigenvalue weighted by Crippen LogP contribution is 2.28. The summed E-state index contributed by atoms with van der Waals surface area (Å²) < 4.78 is 0. The molecule has 160 valence electrons. The normalized spacial score (nSPS) is 15.7. The number of hydrogen-bond acceptors (Lipinski definition) is 5. The first-order valence-electron chi connectivity index (χ1n) is 9.96. The van der Waals surface area contributed by atoms with Gasteiger partial charge in [-0.05, 0) is 62.1 Å². The molecule has 1 aromatic heterocycles. The molecule has 1 fully saturated rings. The Morgan fingerprint density at radius 2 is 1.84 bits per heavy atom. The minimum atomic E-state index is -0.547. The minimum absolute atomic E-state index is 0.258. The van der Waals surface area contributed by atoms with E-state index >= 15 is 0 Å². The number of nitrogens with zero attached hydrogens (tertiary/aromatic N) is 3. The summed E-state index contributed by atoms with van der Waals surface area (Å²) >= 11 is 7.20. The molecule has 31 heavy (non-hydrogen) atoms. The molecule has 0 radical (unpaired) electrons. The average molecular weight is 456 g/mol. The molecule has 1 saturated heterocycles. The van der Waals surface area contributed by atoms with Gasteiger partial charge >= 0.3 is 6.03 Å². The number of aromatic nitrogens is 2. The van der Waals surface area contributed by atoms with Crippen LogP contribution in [-0.2, 0) is 4.79 Å². The molecule has 0 bridgehead atoms. The number of nitrogens with one attached hydrogen (secondary N) is 2. The van der Waals surface area contributed by atoms with Crippen molar-refractivity contribution < 1.29 is 9.59 Å². The fourth-order valence-corrected chi connectivity index (χ4v) is 4.35. The Hall–Kier alpha value is -2.97. The third kappa shape index (κ3) is 4.86. The molecule has 0 aliphatic carbocycles. The van der Waals surface area contributed by atoms with E-state index in [2.05, 4.69) is 20.8 Å². The van der Waals surface area contributed by atoms with E-state index in [4.69, 9.17) is 11.6 Å². The number of carbonyl (C=O) groups is 2. The molecule has 2 N–H and O–H groups in total. The molecular formula is C22H22ClN5O2S. The van der Waals surface area contributed by atoms with Crippen LogP contribution in [0.4, 0.5) is 15.6 Å². The third-order valence-electron chi connectivity index (χ3n) is 5.32. The van der Waals surface area contributed by atoms with Crippen LogP contribution in [0.5, 0.6) is 0 Å². The zero-order chi connectivity index (χ0) is 22.0. The van der Waals surface area contributed by atoms with Gasteiger partial charge in [-0.1, -0.05) is 41.1 Å². The Morgan fingerprint density at radius 3 is 2.58 bits per heavy atom. The Balaban J connectivity index is 1.41. The lowest BCUT2D eigenvalue weighted by Crippen LogP contribution is -2.45. The lowest BCUT2D eigenvalue weighted by Gasteiger charge is -2.24. The van der Waals surface area contributed by atoms with Crippen LogP contribution in [-0.4, -0.2) is 39.6 Å². The zero-order valence-corrected chi connectivity index (χ0v) is 18.8. The quantitative estimate of drug-likeness (QED) is 0.572. The predicted molar refractivity (Wildman–Crippen MR) is 124 cm³/mol. The summed E-state index contributed by atoms with van der Waals surface area (Å²) in [6.07, 6.45) is 1.37. The monoisotopic (exact) mass is 455 g/mol. The maximum atomic E-state index is 12.9. The fraction of sp³-hybridized carbons (Fsp3) is 0.273. The molecule has 2 heterocycles. The Bertz CT molecular complexity index is 1120. The van der Waals surface area contributed by atoms with Gasteiger partial charge < -0.3 is 10.2 Å². The van der Waals surface area contributed by atoms with Gasteiger partial charge in [0.25, 0.3) is 0 Å². The summed E-state index contributed by atoms with van der Waals surface area (Å²) in [4.78, 5) is 27.2. The van der Waals surface area contributed by atoms with Gasteiger partial charge in [0.05, 0.1) is 0 Å². The first-order valence-corrected chi connectivity index (χ1v) is 11.2. The summed E-state index contributed by atoms with van der Waals surface area (Å²) in [6.45, 7) is 4.55. The highest BCUT2D eigenvalue weighted by Gasteiger charge is 2.34. The molecule has 1 unspecified atom stereocenters. The molecule has 9 heteroatoms. The number of hydrogen-bond donors (Lipinski definition) is 2. The first-order chi connectivity index (χ1) is 14.9. The molecule has 4 rings (SSSR count). The van der Waals surface area contributed by atoms with E-state index in [1.165, 1.54) is 11.3 Å². The maximum Gasteiger partial charge on any atom is 0.322 e. The molecule has 0 saturated carbocycles. The summed E-state index contributed by atoms with van der Waals surface area (Å²) in [5.41, 5.74) is 3.85. The highest BCUT2D eigenvalue weighted by molar-refractivity contribution is 7.18. The molecule has 1 aliphatic heterocycles. The second-order valence-corrected chi connectivity index (χ2v) is 8.90. The second kappa shape index (κ2) is 9.03. The van der Waals surface area contributed by atoms with E-state index < -0.39 is 6.04 Å². The maximum absolute atomic E-state index is 12.9. The lowest BCUT2D eigenvalue weighted by atomic mass is 10.1. The Kier molecular flexibility index (Phi) is 6.20. The van der Waals surface area contributed by atoms with E-state index in [1.807, 2.05) is 44.2 Å². The predicted octanol–water partition coefficient (Wildman–Crippen LogP) is 5.11. The zero-order valence-electron chi connectivity index (χ0n) is 17.2. The fourth-order valence-electron chi connectivity index (χ4n) is 3.47. The van der Waals surface area contributed by atoms with Crippen molar-refractivity contribution >= 4 is 45.7 Å². The van der Waals surface area contributed by atoms with E-state index in [0.29, 0.717) is 28.1 Å². The summed E-state index contributed by atoms with van der Waals surface area (Å²) in [5.74, 6) is -0.258. The number of benzene rings is 2. The van der Waals surface area contributed by atoms with E-state index in [1.54, 1.807) is 17.0 Å². The highest BCUT2D eigenvalue weighted by atomic mass is 35.5. The molecular weight excluding hydrogens is 434 g/mol.